The summed E-state index contributed by atoms with van der Waals surface area (Å²) in [5.74, 6) is -0.468. The number of hydrogen-bond donors (Lipinski definition) is 2. The monoisotopic (exact) mass is 513 g/mol. The molecule has 2 aromatic heterocycles. The number of aromatic nitrogens is 2. The van der Waals surface area contributed by atoms with Gasteiger partial charge in [0.1, 0.15) is 11.9 Å². The van der Waals surface area contributed by atoms with Crippen molar-refractivity contribution in [1.82, 2.24) is 14.9 Å². The fourth-order valence-corrected chi connectivity index (χ4v) is 5.00. The van der Waals surface area contributed by atoms with Gasteiger partial charge in [-0.1, -0.05) is 32.0 Å². The Bertz CT molecular complexity index is 1450. The van der Waals surface area contributed by atoms with Crippen molar-refractivity contribution in [2.45, 2.75) is 32.9 Å². The molecule has 6 nitrogen and oxygen atoms in total. The summed E-state index contributed by atoms with van der Waals surface area (Å²) in [6.07, 6.45) is 3.62. The van der Waals surface area contributed by atoms with Crippen LogP contribution in [0, 0.1) is 18.7 Å². The zero-order valence-electron chi connectivity index (χ0n) is 20.9. The van der Waals surface area contributed by atoms with Crippen molar-refractivity contribution >= 4 is 34.6 Å². The van der Waals surface area contributed by atoms with Crippen molar-refractivity contribution in [3.8, 4) is 5.69 Å². The van der Waals surface area contributed by atoms with Crippen LogP contribution in [0.25, 0.3) is 5.69 Å². The molecule has 5 rings (SSSR count). The molecule has 1 aliphatic rings. The largest absolute Gasteiger partial charge is 0.351 e. The van der Waals surface area contributed by atoms with Gasteiger partial charge in [0.15, 0.2) is 5.11 Å². The van der Waals surface area contributed by atoms with E-state index in [1.807, 2.05) is 91.0 Å². The van der Waals surface area contributed by atoms with Gasteiger partial charge >= 0.3 is 0 Å². The number of carbonyl (C=O) groups is 1. The molecule has 8 heteroatoms. The van der Waals surface area contributed by atoms with E-state index in [1.54, 1.807) is 18.3 Å². The highest BCUT2D eigenvalue weighted by Crippen LogP contribution is 2.43. The summed E-state index contributed by atoms with van der Waals surface area (Å²) >= 11 is 5.85. The van der Waals surface area contributed by atoms with Gasteiger partial charge < -0.3 is 20.1 Å². The molecule has 1 saturated heterocycles. The lowest BCUT2D eigenvalue weighted by atomic mass is 10.00. The van der Waals surface area contributed by atoms with Crippen LogP contribution < -0.4 is 15.5 Å². The SMILES string of the molecule is Cc1cc(N2C(=S)NC(c3ccccn3)C2c2cccn2-c2ccccc2F)ccc1NC(=O)C(C)C. The number of hydrogen-bond acceptors (Lipinski definition) is 3. The van der Waals surface area contributed by atoms with Crippen LogP contribution in [0.5, 0.6) is 0 Å². The zero-order chi connectivity index (χ0) is 26.1. The molecule has 3 heterocycles. The number of aryl methyl sites for hydroxylation is 1. The third-order valence-electron chi connectivity index (χ3n) is 6.56. The molecule has 0 aliphatic carbocycles. The minimum atomic E-state index is -0.312. The lowest BCUT2D eigenvalue weighted by Gasteiger charge is -2.29. The van der Waals surface area contributed by atoms with Crippen molar-refractivity contribution in [2.75, 3.05) is 10.2 Å². The van der Waals surface area contributed by atoms with Gasteiger partial charge in [0.25, 0.3) is 0 Å². The number of nitrogens with zero attached hydrogens (tertiary/aromatic N) is 3. The first-order valence-corrected chi connectivity index (χ1v) is 12.6. The maximum Gasteiger partial charge on any atom is 0.226 e. The Hall–Kier alpha value is -4.04. The van der Waals surface area contributed by atoms with Gasteiger partial charge in [-0.05, 0) is 79.3 Å². The fourth-order valence-electron chi connectivity index (χ4n) is 4.65. The van der Waals surface area contributed by atoms with Crippen LogP contribution in [-0.2, 0) is 4.79 Å². The number of carbonyl (C=O) groups excluding carboxylic acids is 1. The number of anilines is 2. The third kappa shape index (κ3) is 4.72. The van der Waals surface area contributed by atoms with Crippen molar-refractivity contribution < 1.29 is 9.18 Å². The molecule has 0 bridgehead atoms. The molecule has 2 unspecified atom stereocenters. The van der Waals surface area contributed by atoms with Gasteiger partial charge in [0.05, 0.1) is 17.4 Å². The molecule has 0 saturated carbocycles. The molecule has 1 fully saturated rings. The van der Waals surface area contributed by atoms with E-state index in [0.29, 0.717) is 10.8 Å². The van der Waals surface area contributed by atoms with Crippen molar-refractivity contribution in [1.29, 1.82) is 0 Å². The highest BCUT2D eigenvalue weighted by Gasteiger charge is 2.42. The van der Waals surface area contributed by atoms with E-state index in [9.17, 15) is 9.18 Å². The Morgan fingerprint density at radius 1 is 1.08 bits per heavy atom. The number of pyridine rings is 1. The minimum absolute atomic E-state index is 0.0370. The molecular weight excluding hydrogens is 485 g/mol. The Kier molecular flexibility index (Phi) is 6.76. The second kappa shape index (κ2) is 10.1. The molecule has 2 N–H and O–H groups in total. The molecule has 0 spiro atoms. The quantitative estimate of drug-likeness (QED) is 0.306. The van der Waals surface area contributed by atoms with E-state index in [0.717, 1.165) is 28.3 Å². The molecule has 4 aromatic rings. The van der Waals surface area contributed by atoms with Crippen molar-refractivity contribution in [2.24, 2.45) is 5.92 Å². The number of halogens is 1. The Balaban J connectivity index is 1.61. The number of rotatable bonds is 6. The average molecular weight is 514 g/mol. The Labute approximate surface area is 221 Å². The molecule has 1 amide bonds. The summed E-state index contributed by atoms with van der Waals surface area (Å²) in [7, 11) is 0. The first-order chi connectivity index (χ1) is 17.8. The van der Waals surface area contributed by atoms with Gasteiger partial charge in [-0.2, -0.15) is 0 Å². The van der Waals surface area contributed by atoms with Crippen LogP contribution in [0.3, 0.4) is 0 Å². The van der Waals surface area contributed by atoms with E-state index < -0.39 is 0 Å². The molecule has 2 atom stereocenters. The molecule has 0 radical (unpaired) electrons. The second-order valence-corrected chi connectivity index (χ2v) is 9.78. The Morgan fingerprint density at radius 2 is 1.86 bits per heavy atom. The number of benzene rings is 2. The maximum absolute atomic E-state index is 14.9. The zero-order valence-corrected chi connectivity index (χ0v) is 21.7. The summed E-state index contributed by atoms with van der Waals surface area (Å²) in [5.41, 5.74) is 4.69. The van der Waals surface area contributed by atoms with Crippen LogP contribution in [0.15, 0.2) is 85.2 Å². The van der Waals surface area contributed by atoms with Crippen LogP contribution >= 0.6 is 12.2 Å². The smallest absolute Gasteiger partial charge is 0.226 e. The third-order valence-corrected chi connectivity index (χ3v) is 6.88. The van der Waals surface area contributed by atoms with Gasteiger partial charge in [0.2, 0.25) is 5.91 Å². The van der Waals surface area contributed by atoms with E-state index in [1.165, 1.54) is 6.07 Å². The van der Waals surface area contributed by atoms with Gasteiger partial charge in [-0.15, -0.1) is 0 Å². The number of nitrogens with one attached hydrogen (secondary N) is 2. The van der Waals surface area contributed by atoms with E-state index in [4.69, 9.17) is 12.2 Å². The molecule has 1 aliphatic heterocycles. The standard InChI is InChI=1S/C29H28FN5OS/c1-18(2)28(36)32-22-14-13-20(17-19(22)3)35-27(26(33-29(35)37)23-10-6-7-15-31-23)25-12-8-16-34(25)24-11-5-4-9-21(24)30/h4-18,26-27H,1-3H3,(H,32,36)(H,33,37). The lowest BCUT2D eigenvalue weighted by molar-refractivity contribution is -0.118. The van der Waals surface area contributed by atoms with Gasteiger partial charge in [0, 0.05) is 35.4 Å². The highest BCUT2D eigenvalue weighted by atomic mass is 32.1. The predicted octanol–water partition coefficient (Wildman–Crippen LogP) is 6.09. The molecular formula is C29H28FN5OS. The topological polar surface area (TPSA) is 62.2 Å². The second-order valence-electron chi connectivity index (χ2n) is 9.39. The maximum atomic E-state index is 14.9. The Morgan fingerprint density at radius 3 is 2.57 bits per heavy atom. The minimum Gasteiger partial charge on any atom is -0.351 e. The average Bonchev–Trinajstić information content (AvgIpc) is 3.50. The first kappa shape index (κ1) is 24.6. The molecule has 37 heavy (non-hydrogen) atoms. The molecule has 188 valence electrons. The van der Waals surface area contributed by atoms with Gasteiger partial charge in [-0.25, -0.2) is 4.39 Å². The number of thiocarbonyl (C=S) groups is 1. The van der Waals surface area contributed by atoms with Crippen LogP contribution in [0.2, 0.25) is 0 Å². The summed E-state index contributed by atoms with van der Waals surface area (Å²) < 4.78 is 16.7. The van der Waals surface area contributed by atoms with Crippen LogP contribution in [0.4, 0.5) is 15.8 Å². The van der Waals surface area contributed by atoms with Gasteiger partial charge in [-0.3, -0.25) is 9.78 Å². The summed E-state index contributed by atoms with van der Waals surface area (Å²) in [5, 5.41) is 6.98. The van der Waals surface area contributed by atoms with Crippen LogP contribution in [-0.4, -0.2) is 20.6 Å². The lowest BCUT2D eigenvalue weighted by Crippen LogP contribution is -2.30. The summed E-state index contributed by atoms with van der Waals surface area (Å²) in [6, 6.07) is 21.7. The highest BCUT2D eigenvalue weighted by molar-refractivity contribution is 7.80. The van der Waals surface area contributed by atoms with E-state index in [2.05, 4.69) is 15.6 Å². The van der Waals surface area contributed by atoms with E-state index >= 15 is 0 Å². The normalized spacial score (nSPS) is 17.2. The van der Waals surface area contributed by atoms with Crippen LogP contribution in [0.1, 0.15) is 42.9 Å². The fraction of sp³-hybridized carbons (Fsp3) is 0.207. The van der Waals surface area contributed by atoms with Crippen molar-refractivity contribution in [3.05, 3.63) is 108 Å². The number of para-hydroxylation sites is 1. The first-order valence-electron chi connectivity index (χ1n) is 12.2. The van der Waals surface area contributed by atoms with E-state index in [-0.39, 0.29) is 29.7 Å². The number of amides is 1. The summed E-state index contributed by atoms with van der Waals surface area (Å²) in [6.45, 7) is 5.68. The molecule has 2 aromatic carbocycles. The van der Waals surface area contributed by atoms with Crippen molar-refractivity contribution in [3.63, 3.8) is 0 Å². The summed E-state index contributed by atoms with van der Waals surface area (Å²) in [4.78, 5) is 18.9. The predicted molar refractivity (Wildman–Crippen MR) is 148 cm³/mol.